The minimum Gasteiger partial charge on any atom is -0.379 e. The van der Waals surface area contributed by atoms with Gasteiger partial charge in [-0.25, -0.2) is 0 Å². The maximum Gasteiger partial charge on any atom is 0.460 e. The van der Waals surface area contributed by atoms with Crippen LogP contribution in [0.3, 0.4) is 0 Å². The lowest BCUT2D eigenvalue weighted by Crippen LogP contribution is -2.70. The van der Waals surface area contributed by atoms with Crippen molar-refractivity contribution >= 4 is 0 Å². The molecule has 28 heavy (non-hydrogen) atoms. The van der Waals surface area contributed by atoms with E-state index in [1.807, 2.05) is 0 Å². The van der Waals surface area contributed by atoms with Crippen LogP contribution >= 0.6 is 0 Å². The van der Waals surface area contributed by atoms with Gasteiger partial charge < -0.3 is 9.47 Å². The highest BCUT2D eigenvalue weighted by atomic mass is 19.4. The maximum atomic E-state index is 13.4. The summed E-state index contributed by atoms with van der Waals surface area (Å²) in [7, 11) is 0. The van der Waals surface area contributed by atoms with Crippen molar-refractivity contribution in [3.05, 3.63) is 0 Å². The fourth-order valence-electron chi connectivity index (χ4n) is 2.00. The van der Waals surface area contributed by atoms with Crippen LogP contribution in [-0.4, -0.2) is 61.7 Å². The Hall–Kier alpha value is -0.990. The first kappa shape index (κ1) is 25.0. The predicted molar refractivity (Wildman–Crippen MR) is 65.1 cm³/mol. The third kappa shape index (κ3) is 3.87. The second kappa shape index (κ2) is 7.36. The lowest BCUT2D eigenvalue weighted by molar-refractivity contribution is -0.440. The summed E-state index contributed by atoms with van der Waals surface area (Å²) >= 11 is 0. The Kier molecular flexibility index (Phi) is 6.59. The molecule has 1 fully saturated rings. The molecule has 0 aromatic carbocycles. The molecular weight excluding hydrogens is 435 g/mol. The van der Waals surface area contributed by atoms with E-state index in [1.165, 1.54) is 0 Å². The average Bonchev–Trinajstić information content (AvgIpc) is 2.51. The van der Waals surface area contributed by atoms with Crippen LogP contribution in [0.5, 0.6) is 0 Å². The van der Waals surface area contributed by atoms with Crippen LogP contribution in [0.15, 0.2) is 0 Å². The number of halogens is 13. The molecule has 1 rings (SSSR count). The van der Waals surface area contributed by atoms with E-state index in [-0.39, 0.29) is 12.5 Å². The SMILES string of the molecule is CC1COC1COCCC(F)(F)C(F)(F)C(F)(F)C(F)(F)C(F)(F)C(F)(F)F. The van der Waals surface area contributed by atoms with E-state index in [0.717, 1.165) is 0 Å². The van der Waals surface area contributed by atoms with Crippen LogP contribution in [0.25, 0.3) is 0 Å². The summed E-state index contributed by atoms with van der Waals surface area (Å²) in [5, 5.41) is 0. The molecule has 15 heteroatoms. The molecule has 1 aliphatic rings. The van der Waals surface area contributed by atoms with Crippen LogP contribution in [0.4, 0.5) is 57.1 Å². The van der Waals surface area contributed by atoms with E-state index in [9.17, 15) is 57.1 Å². The third-order valence-electron chi connectivity index (χ3n) is 4.05. The molecule has 0 radical (unpaired) electrons. The van der Waals surface area contributed by atoms with Crippen molar-refractivity contribution in [2.75, 3.05) is 19.8 Å². The summed E-state index contributed by atoms with van der Waals surface area (Å²) in [5.74, 6) is -36.8. The number of hydrogen-bond acceptors (Lipinski definition) is 2. The highest BCUT2D eigenvalue weighted by Crippen LogP contribution is 2.60. The summed E-state index contributed by atoms with van der Waals surface area (Å²) in [5.41, 5.74) is 0. The van der Waals surface area contributed by atoms with Crippen molar-refractivity contribution in [2.45, 2.75) is 55.2 Å². The summed E-state index contributed by atoms with van der Waals surface area (Å²) in [4.78, 5) is 0. The van der Waals surface area contributed by atoms with Gasteiger partial charge in [0.25, 0.3) is 0 Å². The molecule has 0 amide bonds. The second-order valence-corrected chi connectivity index (χ2v) is 6.17. The monoisotopic (exact) mass is 448 g/mol. The Labute approximate surface area is 148 Å². The van der Waals surface area contributed by atoms with Crippen molar-refractivity contribution in [3.8, 4) is 0 Å². The van der Waals surface area contributed by atoms with E-state index in [1.54, 1.807) is 6.92 Å². The molecule has 0 saturated carbocycles. The first-order valence-corrected chi connectivity index (χ1v) is 7.39. The molecule has 2 unspecified atom stereocenters. The molecule has 0 spiro atoms. The standard InChI is InChI=1S/C13H13F13O2/c1-6-4-28-7(6)5-27-3-2-8(14,15)9(16,17)10(18,19)11(20,21)12(22,23)13(24,25)26/h6-7H,2-5H2,1H3. The molecular formula is C13H13F13O2. The smallest absolute Gasteiger partial charge is 0.379 e. The Morgan fingerprint density at radius 1 is 0.750 bits per heavy atom. The van der Waals surface area contributed by atoms with Gasteiger partial charge in [0.1, 0.15) is 0 Å². The van der Waals surface area contributed by atoms with Crippen LogP contribution < -0.4 is 0 Å². The first-order valence-electron chi connectivity index (χ1n) is 7.39. The normalized spacial score (nSPS) is 22.9. The van der Waals surface area contributed by atoms with Crippen molar-refractivity contribution in [2.24, 2.45) is 5.92 Å². The molecule has 0 bridgehead atoms. The molecule has 2 nitrogen and oxygen atoms in total. The minimum atomic E-state index is -7.87. The molecule has 0 aromatic rings. The minimum absolute atomic E-state index is 0.102. The fourth-order valence-corrected chi connectivity index (χ4v) is 2.00. The topological polar surface area (TPSA) is 18.5 Å². The maximum absolute atomic E-state index is 13.4. The van der Waals surface area contributed by atoms with Gasteiger partial charge in [-0.1, -0.05) is 6.92 Å². The van der Waals surface area contributed by atoms with Gasteiger partial charge in [-0.3, -0.25) is 0 Å². The van der Waals surface area contributed by atoms with Gasteiger partial charge in [0.2, 0.25) is 0 Å². The van der Waals surface area contributed by atoms with E-state index in [2.05, 4.69) is 4.74 Å². The van der Waals surface area contributed by atoms with Gasteiger partial charge in [0.15, 0.2) is 0 Å². The van der Waals surface area contributed by atoms with E-state index < -0.39 is 61.5 Å². The Bertz CT molecular complexity index is 543. The lowest BCUT2D eigenvalue weighted by atomic mass is 9.93. The molecule has 1 aliphatic heterocycles. The quantitative estimate of drug-likeness (QED) is 0.358. The molecule has 2 atom stereocenters. The van der Waals surface area contributed by atoms with Gasteiger partial charge in [-0.2, -0.15) is 57.1 Å². The summed E-state index contributed by atoms with van der Waals surface area (Å²) in [6.07, 6.45) is -10.4. The predicted octanol–water partition coefficient (Wildman–Crippen LogP) is 5.17. The number of ether oxygens (including phenoxy) is 2. The Morgan fingerprint density at radius 2 is 1.21 bits per heavy atom. The van der Waals surface area contributed by atoms with Crippen LogP contribution in [-0.2, 0) is 9.47 Å². The number of hydrogen-bond donors (Lipinski definition) is 0. The largest absolute Gasteiger partial charge is 0.460 e. The van der Waals surface area contributed by atoms with E-state index in [4.69, 9.17) is 4.74 Å². The van der Waals surface area contributed by atoms with Gasteiger partial charge in [0, 0.05) is 12.3 Å². The van der Waals surface area contributed by atoms with Crippen molar-refractivity contribution in [3.63, 3.8) is 0 Å². The molecule has 0 aliphatic carbocycles. The average molecular weight is 448 g/mol. The van der Waals surface area contributed by atoms with E-state index in [0.29, 0.717) is 0 Å². The number of rotatable bonds is 9. The molecule has 0 N–H and O–H groups in total. The molecule has 1 saturated heterocycles. The molecule has 0 aromatic heterocycles. The van der Waals surface area contributed by atoms with Crippen molar-refractivity contribution in [1.29, 1.82) is 0 Å². The fraction of sp³-hybridized carbons (Fsp3) is 1.00. The highest BCUT2D eigenvalue weighted by Gasteiger charge is 2.90. The van der Waals surface area contributed by atoms with Crippen LogP contribution in [0.2, 0.25) is 0 Å². The van der Waals surface area contributed by atoms with Crippen LogP contribution in [0.1, 0.15) is 13.3 Å². The van der Waals surface area contributed by atoms with Gasteiger partial charge >= 0.3 is 35.8 Å². The lowest BCUT2D eigenvalue weighted by Gasteiger charge is -2.39. The van der Waals surface area contributed by atoms with Crippen molar-refractivity contribution < 1.29 is 66.5 Å². The molecule has 1 heterocycles. The zero-order valence-electron chi connectivity index (χ0n) is 13.7. The zero-order valence-corrected chi connectivity index (χ0v) is 13.7. The van der Waals surface area contributed by atoms with Gasteiger partial charge in [-0.05, 0) is 0 Å². The van der Waals surface area contributed by atoms with Gasteiger partial charge in [0.05, 0.1) is 25.9 Å². The van der Waals surface area contributed by atoms with Crippen LogP contribution in [0, 0.1) is 5.92 Å². The summed E-state index contributed by atoms with van der Waals surface area (Å²) in [6, 6.07) is 0. The summed E-state index contributed by atoms with van der Waals surface area (Å²) < 4.78 is 176. The van der Waals surface area contributed by atoms with Crippen molar-refractivity contribution in [1.82, 2.24) is 0 Å². The molecule has 168 valence electrons. The zero-order chi connectivity index (χ0) is 22.4. The van der Waals surface area contributed by atoms with E-state index >= 15 is 0 Å². The second-order valence-electron chi connectivity index (χ2n) is 6.17. The third-order valence-corrected chi connectivity index (χ3v) is 4.05. The number of alkyl halides is 13. The Morgan fingerprint density at radius 3 is 1.57 bits per heavy atom. The first-order chi connectivity index (χ1) is 12.2. The highest BCUT2D eigenvalue weighted by molar-refractivity contribution is 5.10. The Balaban J connectivity index is 2.95. The van der Waals surface area contributed by atoms with Gasteiger partial charge in [-0.15, -0.1) is 0 Å². The summed E-state index contributed by atoms with van der Waals surface area (Å²) in [6.45, 7) is 0.0503.